The van der Waals surface area contributed by atoms with Crippen LogP contribution in [0.1, 0.15) is 17.2 Å². The summed E-state index contributed by atoms with van der Waals surface area (Å²) in [6.45, 7) is -0.154. The molecule has 5 nitrogen and oxygen atoms in total. The van der Waals surface area contributed by atoms with Gasteiger partial charge in [-0.1, -0.05) is 60.7 Å². The fourth-order valence-corrected chi connectivity index (χ4v) is 3.13. The van der Waals surface area contributed by atoms with Gasteiger partial charge in [0.1, 0.15) is 11.3 Å². The number of carbonyl (C=O) groups is 1. The summed E-state index contributed by atoms with van der Waals surface area (Å²) in [7, 11) is 0. The standard InChI is InChI=1S/C24H19NO4/c26-22(16-28-20-13-11-17-12-14-23(27)29-21(17)15-20)25-24(18-7-3-1-4-8-18)19-9-5-2-6-10-19/h1-15,24H,16H2,(H,25,26). The van der Waals surface area contributed by atoms with Crippen LogP contribution in [0.25, 0.3) is 11.0 Å². The number of nitrogens with one attached hydrogen (secondary N) is 1. The Morgan fingerprint density at radius 3 is 2.14 bits per heavy atom. The minimum Gasteiger partial charge on any atom is -0.484 e. The Balaban J connectivity index is 1.48. The molecule has 144 valence electrons. The third-order valence-electron chi connectivity index (χ3n) is 4.54. The second-order valence-electron chi connectivity index (χ2n) is 6.56. The van der Waals surface area contributed by atoms with Crippen molar-refractivity contribution >= 4 is 16.9 Å². The molecule has 1 heterocycles. The molecule has 29 heavy (non-hydrogen) atoms. The predicted molar refractivity (Wildman–Crippen MR) is 111 cm³/mol. The SMILES string of the molecule is O=C(COc1ccc2ccc(=O)oc2c1)NC(c1ccccc1)c1ccccc1. The van der Waals surface area contributed by atoms with Crippen molar-refractivity contribution in [1.29, 1.82) is 0 Å². The molecular formula is C24H19NO4. The molecule has 0 aliphatic heterocycles. The van der Waals surface area contributed by atoms with Crippen LogP contribution in [0.2, 0.25) is 0 Å². The average molecular weight is 385 g/mol. The molecule has 0 aliphatic carbocycles. The zero-order valence-corrected chi connectivity index (χ0v) is 15.6. The largest absolute Gasteiger partial charge is 0.484 e. The highest BCUT2D eigenvalue weighted by atomic mass is 16.5. The molecule has 1 amide bonds. The maximum absolute atomic E-state index is 12.6. The van der Waals surface area contributed by atoms with E-state index in [0.29, 0.717) is 11.3 Å². The Kier molecular flexibility index (Phi) is 5.38. The number of ether oxygens (including phenoxy) is 1. The van der Waals surface area contributed by atoms with Gasteiger partial charge >= 0.3 is 5.63 Å². The third kappa shape index (κ3) is 4.52. The van der Waals surface area contributed by atoms with E-state index in [1.807, 2.05) is 60.7 Å². The van der Waals surface area contributed by atoms with Gasteiger partial charge in [-0.3, -0.25) is 4.79 Å². The Morgan fingerprint density at radius 2 is 1.48 bits per heavy atom. The van der Waals surface area contributed by atoms with Crippen molar-refractivity contribution < 1.29 is 13.9 Å². The first kappa shape index (κ1) is 18.5. The summed E-state index contributed by atoms with van der Waals surface area (Å²) in [6, 6.07) is 27.4. The van der Waals surface area contributed by atoms with E-state index in [2.05, 4.69) is 5.32 Å². The summed E-state index contributed by atoms with van der Waals surface area (Å²) in [5.41, 5.74) is 1.96. The van der Waals surface area contributed by atoms with Crippen molar-refractivity contribution in [3.63, 3.8) is 0 Å². The monoisotopic (exact) mass is 385 g/mol. The summed E-state index contributed by atoms with van der Waals surface area (Å²) < 4.78 is 10.8. The molecule has 4 aromatic rings. The van der Waals surface area contributed by atoms with E-state index in [9.17, 15) is 9.59 Å². The molecule has 0 aliphatic rings. The van der Waals surface area contributed by atoms with Gasteiger partial charge in [0.05, 0.1) is 6.04 Å². The van der Waals surface area contributed by atoms with Crippen LogP contribution in [0.5, 0.6) is 5.75 Å². The van der Waals surface area contributed by atoms with E-state index in [1.165, 1.54) is 6.07 Å². The minimum atomic E-state index is -0.430. The van der Waals surface area contributed by atoms with Gasteiger partial charge in [-0.15, -0.1) is 0 Å². The molecule has 0 radical (unpaired) electrons. The highest BCUT2D eigenvalue weighted by Gasteiger charge is 2.17. The Hall–Kier alpha value is -3.86. The first-order valence-electron chi connectivity index (χ1n) is 9.25. The van der Waals surface area contributed by atoms with Crippen LogP contribution < -0.4 is 15.7 Å². The Labute approximate surface area is 167 Å². The lowest BCUT2D eigenvalue weighted by molar-refractivity contribution is -0.123. The molecule has 0 unspecified atom stereocenters. The fourth-order valence-electron chi connectivity index (χ4n) is 3.13. The van der Waals surface area contributed by atoms with Crippen LogP contribution in [-0.4, -0.2) is 12.5 Å². The quantitative estimate of drug-likeness (QED) is 0.508. The summed E-state index contributed by atoms with van der Waals surface area (Å²) in [5.74, 6) is 0.204. The number of carbonyl (C=O) groups excluding carboxylic acids is 1. The number of fused-ring (bicyclic) bond motifs is 1. The number of hydrogen-bond donors (Lipinski definition) is 1. The zero-order valence-electron chi connectivity index (χ0n) is 15.6. The van der Waals surface area contributed by atoms with Crippen molar-refractivity contribution in [2.75, 3.05) is 6.61 Å². The molecule has 0 saturated carbocycles. The minimum absolute atomic E-state index is 0.154. The first-order valence-corrected chi connectivity index (χ1v) is 9.25. The number of hydrogen-bond acceptors (Lipinski definition) is 4. The van der Waals surface area contributed by atoms with Crippen molar-refractivity contribution in [3.8, 4) is 5.75 Å². The van der Waals surface area contributed by atoms with Gasteiger partial charge < -0.3 is 14.5 Å². The Morgan fingerprint density at radius 1 is 0.862 bits per heavy atom. The average Bonchev–Trinajstić information content (AvgIpc) is 2.77. The van der Waals surface area contributed by atoms with E-state index < -0.39 is 5.63 Å². The highest BCUT2D eigenvalue weighted by Crippen LogP contribution is 2.22. The van der Waals surface area contributed by atoms with E-state index in [4.69, 9.17) is 9.15 Å². The van der Waals surface area contributed by atoms with Gasteiger partial charge in [-0.25, -0.2) is 4.79 Å². The summed E-state index contributed by atoms with van der Waals surface area (Å²) in [6.07, 6.45) is 0. The van der Waals surface area contributed by atoms with E-state index in [-0.39, 0.29) is 18.6 Å². The molecule has 0 bridgehead atoms. The summed E-state index contributed by atoms with van der Waals surface area (Å²) >= 11 is 0. The second-order valence-corrected chi connectivity index (χ2v) is 6.56. The molecule has 5 heteroatoms. The molecule has 4 rings (SSSR count). The van der Waals surface area contributed by atoms with Crippen molar-refractivity contribution in [1.82, 2.24) is 5.32 Å². The normalized spacial score (nSPS) is 10.8. The second kappa shape index (κ2) is 8.44. The van der Waals surface area contributed by atoms with Crippen molar-refractivity contribution in [2.45, 2.75) is 6.04 Å². The number of amides is 1. The third-order valence-corrected chi connectivity index (χ3v) is 4.54. The molecule has 0 spiro atoms. The lowest BCUT2D eigenvalue weighted by atomic mass is 9.99. The van der Waals surface area contributed by atoms with Crippen LogP contribution >= 0.6 is 0 Å². The zero-order chi connectivity index (χ0) is 20.1. The number of benzene rings is 3. The smallest absolute Gasteiger partial charge is 0.336 e. The van der Waals surface area contributed by atoms with Crippen LogP contribution in [0, 0.1) is 0 Å². The molecule has 0 fully saturated rings. The van der Waals surface area contributed by atoms with Crippen molar-refractivity contribution in [3.05, 3.63) is 113 Å². The molecule has 1 aromatic heterocycles. The van der Waals surface area contributed by atoms with E-state index in [0.717, 1.165) is 16.5 Å². The first-order chi connectivity index (χ1) is 14.2. The highest BCUT2D eigenvalue weighted by molar-refractivity contribution is 5.80. The molecule has 3 aromatic carbocycles. The van der Waals surface area contributed by atoms with Crippen LogP contribution in [0.3, 0.4) is 0 Å². The number of rotatable bonds is 6. The van der Waals surface area contributed by atoms with Crippen LogP contribution in [0.15, 0.2) is 100 Å². The maximum atomic E-state index is 12.6. The van der Waals surface area contributed by atoms with Gasteiger partial charge in [-0.05, 0) is 29.3 Å². The molecule has 0 saturated heterocycles. The Bertz CT molecular complexity index is 1130. The van der Waals surface area contributed by atoms with Gasteiger partial charge in [0.25, 0.3) is 5.91 Å². The van der Waals surface area contributed by atoms with E-state index >= 15 is 0 Å². The fraction of sp³-hybridized carbons (Fsp3) is 0.0833. The van der Waals surface area contributed by atoms with Gasteiger partial charge in [-0.2, -0.15) is 0 Å². The molecule has 1 N–H and O–H groups in total. The lowest BCUT2D eigenvalue weighted by Crippen LogP contribution is -2.33. The van der Waals surface area contributed by atoms with Gasteiger partial charge in [0, 0.05) is 17.5 Å². The molecule has 0 atom stereocenters. The van der Waals surface area contributed by atoms with Gasteiger partial charge in [0.2, 0.25) is 0 Å². The lowest BCUT2D eigenvalue weighted by Gasteiger charge is -2.20. The predicted octanol–water partition coefficient (Wildman–Crippen LogP) is 4.08. The topological polar surface area (TPSA) is 68.5 Å². The van der Waals surface area contributed by atoms with Crippen LogP contribution in [0.4, 0.5) is 0 Å². The summed E-state index contributed by atoms with van der Waals surface area (Å²) in [5, 5.41) is 3.82. The summed E-state index contributed by atoms with van der Waals surface area (Å²) in [4.78, 5) is 24.0. The van der Waals surface area contributed by atoms with Gasteiger partial charge in [0.15, 0.2) is 6.61 Å². The molecular weight excluding hydrogens is 366 g/mol. The maximum Gasteiger partial charge on any atom is 0.336 e. The van der Waals surface area contributed by atoms with E-state index in [1.54, 1.807) is 24.3 Å². The van der Waals surface area contributed by atoms with Crippen LogP contribution in [-0.2, 0) is 4.79 Å². The van der Waals surface area contributed by atoms with Crippen molar-refractivity contribution in [2.24, 2.45) is 0 Å².